The van der Waals surface area contributed by atoms with Crippen LogP contribution in [0.15, 0.2) is 42.5 Å². The van der Waals surface area contributed by atoms with Crippen LogP contribution in [-0.2, 0) is 25.6 Å². The topological polar surface area (TPSA) is 142 Å². The van der Waals surface area contributed by atoms with Crippen molar-refractivity contribution in [3.63, 3.8) is 0 Å². The van der Waals surface area contributed by atoms with E-state index in [9.17, 15) is 33.2 Å². The molecular formula is C24H21FN4O6. The summed E-state index contributed by atoms with van der Waals surface area (Å²) in [6.45, 7) is 0.149. The molecule has 0 radical (unpaired) electrons. The number of carbonyl (C=O) groups is 6. The molecule has 2 aliphatic heterocycles. The van der Waals surface area contributed by atoms with Crippen molar-refractivity contribution in [2.45, 2.75) is 31.7 Å². The molecule has 2 aliphatic rings. The minimum Gasteiger partial charge on any atom is -0.348 e. The van der Waals surface area contributed by atoms with Crippen molar-refractivity contribution >= 4 is 41.1 Å². The molecule has 6 amide bonds. The minimum atomic E-state index is -1.03. The predicted molar refractivity (Wildman–Crippen MR) is 119 cm³/mol. The number of anilines is 1. The van der Waals surface area contributed by atoms with Gasteiger partial charge in [-0.15, -0.1) is 0 Å². The number of hydrogen-bond acceptors (Lipinski definition) is 6. The maximum atomic E-state index is 13.6. The van der Waals surface area contributed by atoms with Gasteiger partial charge in [0.15, 0.2) is 0 Å². The summed E-state index contributed by atoms with van der Waals surface area (Å²) >= 11 is 0. The molecule has 1 saturated heterocycles. The second-order valence-corrected chi connectivity index (χ2v) is 8.12. The Morgan fingerprint density at radius 1 is 1.00 bits per heavy atom. The van der Waals surface area contributed by atoms with Gasteiger partial charge in [0.2, 0.25) is 11.8 Å². The van der Waals surface area contributed by atoms with Crippen LogP contribution in [0.3, 0.4) is 0 Å². The molecule has 0 aliphatic carbocycles. The molecule has 0 spiro atoms. The van der Waals surface area contributed by atoms with Crippen LogP contribution in [0, 0.1) is 5.82 Å². The van der Waals surface area contributed by atoms with E-state index in [1.54, 1.807) is 12.1 Å². The van der Waals surface area contributed by atoms with Gasteiger partial charge in [0.1, 0.15) is 11.9 Å². The first-order chi connectivity index (χ1) is 16.8. The number of halogens is 1. The summed E-state index contributed by atoms with van der Waals surface area (Å²) in [5.41, 5.74) is 0.975. The molecule has 0 saturated carbocycles. The number of benzene rings is 2. The first-order valence-electron chi connectivity index (χ1n) is 10.9. The molecule has 0 bridgehead atoms. The monoisotopic (exact) mass is 480 g/mol. The fourth-order valence-corrected chi connectivity index (χ4v) is 3.99. The van der Waals surface area contributed by atoms with E-state index < -0.39 is 47.3 Å². The standard InChI is InChI=1S/C24H21FN4O6/c25-16-5-1-2-6-17(16)27-22(33)21(32)26-11-3-4-13-7-8-14-15(12-13)24(35)29(23(14)34)18-9-10-19(30)28-20(18)31/h1-2,5-8,12,18H,3-4,9-11H2,(H,26,32)(H,27,33)(H,28,30,31). The van der Waals surface area contributed by atoms with Crippen LogP contribution in [0.5, 0.6) is 0 Å². The highest BCUT2D eigenvalue weighted by molar-refractivity contribution is 6.39. The fourth-order valence-electron chi connectivity index (χ4n) is 3.99. The molecule has 35 heavy (non-hydrogen) atoms. The van der Waals surface area contributed by atoms with Crippen molar-refractivity contribution in [2.75, 3.05) is 11.9 Å². The summed E-state index contributed by atoms with van der Waals surface area (Å²) in [5.74, 6) is -4.87. The molecule has 180 valence electrons. The maximum absolute atomic E-state index is 13.6. The van der Waals surface area contributed by atoms with E-state index in [1.165, 1.54) is 24.3 Å². The summed E-state index contributed by atoms with van der Waals surface area (Å²) in [7, 11) is 0. The fraction of sp³-hybridized carbons (Fsp3) is 0.250. The van der Waals surface area contributed by atoms with Crippen molar-refractivity contribution in [1.82, 2.24) is 15.5 Å². The number of fused-ring (bicyclic) bond motifs is 1. The number of amides is 6. The van der Waals surface area contributed by atoms with E-state index in [0.29, 0.717) is 12.8 Å². The van der Waals surface area contributed by atoms with E-state index in [2.05, 4.69) is 16.0 Å². The van der Waals surface area contributed by atoms with Crippen LogP contribution >= 0.6 is 0 Å². The van der Waals surface area contributed by atoms with Gasteiger partial charge in [-0.1, -0.05) is 18.2 Å². The van der Waals surface area contributed by atoms with E-state index in [4.69, 9.17) is 0 Å². The highest BCUT2D eigenvalue weighted by Crippen LogP contribution is 2.28. The predicted octanol–water partition coefficient (Wildman–Crippen LogP) is 0.914. The number of para-hydroxylation sites is 1. The lowest BCUT2D eigenvalue weighted by molar-refractivity contribution is -0.136. The number of rotatable bonds is 6. The molecule has 0 aromatic heterocycles. The molecule has 2 aromatic carbocycles. The Morgan fingerprint density at radius 2 is 1.74 bits per heavy atom. The van der Waals surface area contributed by atoms with Crippen LogP contribution in [-0.4, -0.2) is 52.9 Å². The van der Waals surface area contributed by atoms with Gasteiger partial charge in [-0.2, -0.15) is 0 Å². The zero-order chi connectivity index (χ0) is 25.1. The Labute approximate surface area is 198 Å². The number of hydrogen-bond donors (Lipinski definition) is 3. The van der Waals surface area contributed by atoms with E-state index in [1.807, 2.05) is 0 Å². The molecule has 4 rings (SSSR count). The van der Waals surface area contributed by atoms with Gasteiger partial charge in [0, 0.05) is 13.0 Å². The van der Waals surface area contributed by atoms with Crippen LogP contribution in [0.4, 0.5) is 10.1 Å². The Kier molecular flexibility index (Phi) is 6.67. The molecule has 11 heteroatoms. The summed E-state index contributed by atoms with van der Waals surface area (Å²) in [5, 5.41) is 6.79. The van der Waals surface area contributed by atoms with Crippen molar-refractivity contribution in [1.29, 1.82) is 0 Å². The molecule has 1 fully saturated rings. The third-order valence-corrected chi connectivity index (χ3v) is 5.76. The second kappa shape index (κ2) is 9.84. The van der Waals surface area contributed by atoms with Crippen molar-refractivity contribution in [2.24, 2.45) is 0 Å². The molecular weight excluding hydrogens is 459 g/mol. The van der Waals surface area contributed by atoms with Gasteiger partial charge in [-0.3, -0.25) is 39.0 Å². The van der Waals surface area contributed by atoms with Crippen LogP contribution in [0.1, 0.15) is 45.5 Å². The number of nitrogens with one attached hydrogen (secondary N) is 3. The number of imide groups is 2. The van der Waals surface area contributed by atoms with Crippen molar-refractivity contribution in [3.05, 3.63) is 65.0 Å². The summed E-state index contributed by atoms with van der Waals surface area (Å²) in [6, 6.07) is 9.19. The van der Waals surface area contributed by atoms with Gasteiger partial charge in [0.25, 0.3) is 11.8 Å². The third kappa shape index (κ3) is 4.93. The normalized spacial score (nSPS) is 17.2. The van der Waals surface area contributed by atoms with Gasteiger partial charge in [-0.25, -0.2) is 4.39 Å². The number of piperidine rings is 1. The Morgan fingerprint density at radius 3 is 2.49 bits per heavy atom. The van der Waals surface area contributed by atoms with E-state index >= 15 is 0 Å². The largest absolute Gasteiger partial charge is 0.348 e. The van der Waals surface area contributed by atoms with Gasteiger partial charge >= 0.3 is 11.8 Å². The van der Waals surface area contributed by atoms with Crippen molar-refractivity contribution < 1.29 is 33.2 Å². The Bertz CT molecular complexity index is 1260. The highest BCUT2D eigenvalue weighted by atomic mass is 19.1. The summed E-state index contributed by atoms with van der Waals surface area (Å²) in [4.78, 5) is 73.9. The van der Waals surface area contributed by atoms with Gasteiger partial charge < -0.3 is 10.6 Å². The number of nitrogens with zero attached hydrogens (tertiary/aromatic N) is 1. The molecule has 10 nitrogen and oxygen atoms in total. The first kappa shape index (κ1) is 23.7. The lowest BCUT2D eigenvalue weighted by Gasteiger charge is -2.27. The first-order valence-corrected chi connectivity index (χ1v) is 10.9. The Balaban J connectivity index is 1.31. The molecule has 2 heterocycles. The molecule has 1 unspecified atom stereocenters. The zero-order valence-electron chi connectivity index (χ0n) is 18.4. The minimum absolute atomic E-state index is 0.0408. The number of carbonyl (C=O) groups excluding carboxylic acids is 6. The summed E-state index contributed by atoms with van der Waals surface area (Å²) < 4.78 is 13.6. The van der Waals surface area contributed by atoms with Crippen LogP contribution in [0.25, 0.3) is 0 Å². The maximum Gasteiger partial charge on any atom is 0.313 e. The van der Waals surface area contributed by atoms with Gasteiger partial charge in [0.05, 0.1) is 16.8 Å². The van der Waals surface area contributed by atoms with E-state index in [-0.39, 0.29) is 36.2 Å². The zero-order valence-corrected chi connectivity index (χ0v) is 18.4. The lowest BCUT2D eigenvalue weighted by Crippen LogP contribution is -2.54. The summed E-state index contributed by atoms with van der Waals surface area (Å²) in [6.07, 6.45) is 0.977. The van der Waals surface area contributed by atoms with Crippen molar-refractivity contribution in [3.8, 4) is 0 Å². The molecule has 1 atom stereocenters. The quantitative estimate of drug-likeness (QED) is 0.319. The SMILES string of the molecule is O=C1CCC(N2C(=O)c3ccc(CCCNC(=O)C(=O)Nc4ccccc4F)cc3C2=O)C(=O)N1. The molecule has 3 N–H and O–H groups in total. The van der Waals surface area contributed by atoms with Crippen LogP contribution in [0.2, 0.25) is 0 Å². The smallest absolute Gasteiger partial charge is 0.313 e. The number of aryl methyl sites for hydroxylation is 1. The lowest BCUT2D eigenvalue weighted by atomic mass is 10.0. The Hall–Kier alpha value is -4.41. The average Bonchev–Trinajstić information content (AvgIpc) is 3.07. The third-order valence-electron chi connectivity index (χ3n) is 5.76. The molecule has 2 aromatic rings. The van der Waals surface area contributed by atoms with E-state index in [0.717, 1.165) is 16.5 Å². The van der Waals surface area contributed by atoms with Crippen LogP contribution < -0.4 is 16.0 Å². The average molecular weight is 480 g/mol. The van der Waals surface area contributed by atoms with Gasteiger partial charge in [-0.05, 0) is 49.1 Å². The second-order valence-electron chi connectivity index (χ2n) is 8.12. The highest BCUT2D eigenvalue weighted by Gasteiger charge is 2.44.